The first kappa shape index (κ1) is 12.3. The second-order valence-electron chi connectivity index (χ2n) is 4.42. The molecule has 3 heteroatoms. The van der Waals surface area contributed by atoms with E-state index in [1.165, 1.54) is 17.1 Å². The smallest absolute Gasteiger partial charge is 0.261 e. The molecule has 0 aliphatic carbocycles. The van der Waals surface area contributed by atoms with Crippen molar-refractivity contribution in [1.29, 1.82) is 0 Å². The number of ketones is 1. The Labute approximate surface area is 106 Å². The van der Waals surface area contributed by atoms with E-state index in [1.54, 1.807) is 13.1 Å². The number of benzene rings is 1. The molecule has 0 aliphatic rings. The molecule has 3 nitrogen and oxygen atoms in total. The molecule has 0 unspecified atom stereocenters. The first-order valence-corrected chi connectivity index (χ1v) is 5.78. The Balaban J connectivity index is 2.61. The van der Waals surface area contributed by atoms with Crippen molar-refractivity contribution < 1.29 is 4.79 Å². The fourth-order valence-corrected chi connectivity index (χ4v) is 1.92. The third-order valence-electron chi connectivity index (χ3n) is 3.03. The maximum Gasteiger partial charge on any atom is 0.261 e. The Morgan fingerprint density at radius 3 is 2.22 bits per heavy atom. The lowest BCUT2D eigenvalue weighted by atomic mass is 10.1. The summed E-state index contributed by atoms with van der Waals surface area (Å²) in [5, 5.41) is 0. The number of pyridine rings is 1. The van der Waals surface area contributed by atoms with Crippen molar-refractivity contribution in [3.8, 4) is 11.3 Å². The van der Waals surface area contributed by atoms with Gasteiger partial charge < -0.3 is 4.57 Å². The molecule has 0 radical (unpaired) electrons. The van der Waals surface area contributed by atoms with Crippen molar-refractivity contribution in [1.82, 2.24) is 4.57 Å². The molecule has 1 aromatic carbocycles. The summed E-state index contributed by atoms with van der Waals surface area (Å²) < 4.78 is 1.52. The summed E-state index contributed by atoms with van der Waals surface area (Å²) in [4.78, 5) is 23.3. The molecule has 0 saturated heterocycles. The molecule has 2 rings (SSSR count). The van der Waals surface area contributed by atoms with Crippen LogP contribution < -0.4 is 5.56 Å². The van der Waals surface area contributed by atoms with Crippen LogP contribution in [-0.2, 0) is 7.05 Å². The monoisotopic (exact) mass is 241 g/mol. The standard InChI is InChI=1S/C15H15NO2/c1-10-4-6-12(7-5-10)14-9-8-13(11(2)17)15(18)16(14)3/h4-9H,1-3H3. The number of nitrogens with zero attached hydrogens (tertiary/aromatic N) is 1. The van der Waals surface area contributed by atoms with Gasteiger partial charge in [-0.05, 0) is 31.5 Å². The summed E-state index contributed by atoms with van der Waals surface area (Å²) in [6.45, 7) is 3.42. The molecule has 1 heterocycles. The van der Waals surface area contributed by atoms with Crippen LogP contribution in [0.5, 0.6) is 0 Å². The van der Waals surface area contributed by atoms with Crippen LogP contribution in [0.2, 0.25) is 0 Å². The van der Waals surface area contributed by atoms with Gasteiger partial charge in [0.2, 0.25) is 0 Å². The van der Waals surface area contributed by atoms with Crippen LogP contribution in [0.4, 0.5) is 0 Å². The quantitative estimate of drug-likeness (QED) is 0.758. The van der Waals surface area contributed by atoms with Crippen molar-refractivity contribution in [3.05, 3.63) is 57.9 Å². The van der Waals surface area contributed by atoms with Gasteiger partial charge in [0.25, 0.3) is 5.56 Å². The van der Waals surface area contributed by atoms with Gasteiger partial charge in [0, 0.05) is 7.05 Å². The summed E-state index contributed by atoms with van der Waals surface area (Å²) in [7, 11) is 1.68. The van der Waals surface area contributed by atoms with Crippen molar-refractivity contribution in [2.45, 2.75) is 13.8 Å². The third-order valence-corrected chi connectivity index (χ3v) is 3.03. The Kier molecular flexibility index (Phi) is 3.15. The Morgan fingerprint density at radius 1 is 1.06 bits per heavy atom. The third kappa shape index (κ3) is 2.12. The van der Waals surface area contributed by atoms with E-state index < -0.39 is 0 Å². The number of Topliss-reactive ketones (excluding diaryl/α,β-unsaturated/α-hetero) is 1. The second kappa shape index (κ2) is 4.61. The predicted molar refractivity (Wildman–Crippen MR) is 71.9 cm³/mol. The van der Waals surface area contributed by atoms with Gasteiger partial charge in [-0.3, -0.25) is 9.59 Å². The zero-order chi connectivity index (χ0) is 13.3. The van der Waals surface area contributed by atoms with Gasteiger partial charge in [0.15, 0.2) is 5.78 Å². The molecule has 0 fully saturated rings. The van der Waals surface area contributed by atoms with E-state index in [1.807, 2.05) is 37.3 Å². The van der Waals surface area contributed by atoms with Crippen molar-refractivity contribution in [2.75, 3.05) is 0 Å². The highest BCUT2D eigenvalue weighted by atomic mass is 16.1. The molecule has 1 aromatic heterocycles. The normalized spacial score (nSPS) is 10.4. The van der Waals surface area contributed by atoms with Crippen molar-refractivity contribution >= 4 is 5.78 Å². The zero-order valence-electron chi connectivity index (χ0n) is 10.7. The number of carbonyl (C=O) groups is 1. The molecule has 0 atom stereocenters. The number of hydrogen-bond acceptors (Lipinski definition) is 2. The highest BCUT2D eigenvalue weighted by Gasteiger charge is 2.10. The van der Waals surface area contributed by atoms with E-state index in [0.717, 1.165) is 11.3 Å². The second-order valence-corrected chi connectivity index (χ2v) is 4.42. The number of rotatable bonds is 2. The van der Waals surface area contributed by atoms with E-state index in [-0.39, 0.29) is 16.9 Å². The lowest BCUT2D eigenvalue weighted by molar-refractivity contribution is 0.101. The number of carbonyl (C=O) groups excluding carboxylic acids is 1. The molecule has 0 bridgehead atoms. The van der Waals surface area contributed by atoms with Gasteiger partial charge in [-0.15, -0.1) is 0 Å². The summed E-state index contributed by atoms with van der Waals surface area (Å²) in [6.07, 6.45) is 0. The van der Waals surface area contributed by atoms with Crippen LogP contribution in [0.1, 0.15) is 22.8 Å². The fourth-order valence-electron chi connectivity index (χ4n) is 1.92. The molecule has 18 heavy (non-hydrogen) atoms. The van der Waals surface area contributed by atoms with Gasteiger partial charge in [0.05, 0.1) is 11.3 Å². The lowest BCUT2D eigenvalue weighted by Crippen LogP contribution is -2.24. The van der Waals surface area contributed by atoms with Crippen LogP contribution in [0.3, 0.4) is 0 Å². The van der Waals surface area contributed by atoms with Crippen LogP contribution in [-0.4, -0.2) is 10.4 Å². The van der Waals surface area contributed by atoms with Gasteiger partial charge in [-0.25, -0.2) is 0 Å². The summed E-state index contributed by atoms with van der Waals surface area (Å²) in [5.41, 5.74) is 2.93. The number of aromatic nitrogens is 1. The Hall–Kier alpha value is -2.16. The van der Waals surface area contributed by atoms with Crippen LogP contribution >= 0.6 is 0 Å². The minimum Gasteiger partial charge on any atom is -0.311 e. The molecule has 0 aliphatic heterocycles. The molecular formula is C15H15NO2. The summed E-state index contributed by atoms with van der Waals surface area (Å²) >= 11 is 0. The minimum absolute atomic E-state index is 0.203. The van der Waals surface area contributed by atoms with E-state index in [4.69, 9.17) is 0 Å². The minimum atomic E-state index is -0.249. The van der Waals surface area contributed by atoms with Crippen LogP contribution in [0.15, 0.2) is 41.2 Å². The van der Waals surface area contributed by atoms with E-state index in [2.05, 4.69) is 0 Å². The highest BCUT2D eigenvalue weighted by molar-refractivity contribution is 5.93. The average molecular weight is 241 g/mol. The van der Waals surface area contributed by atoms with E-state index in [0.29, 0.717) is 0 Å². The van der Waals surface area contributed by atoms with Gasteiger partial charge in [-0.2, -0.15) is 0 Å². The molecule has 0 saturated carbocycles. The summed E-state index contributed by atoms with van der Waals surface area (Å²) in [5.74, 6) is -0.203. The SMILES string of the molecule is CC(=O)c1ccc(-c2ccc(C)cc2)n(C)c1=O. The molecule has 0 N–H and O–H groups in total. The Bertz CT molecular complexity index is 651. The van der Waals surface area contributed by atoms with E-state index >= 15 is 0 Å². The van der Waals surface area contributed by atoms with Gasteiger partial charge in [0.1, 0.15) is 0 Å². The van der Waals surface area contributed by atoms with Crippen molar-refractivity contribution in [3.63, 3.8) is 0 Å². The zero-order valence-corrected chi connectivity index (χ0v) is 10.7. The molecule has 0 spiro atoms. The molecule has 2 aromatic rings. The topological polar surface area (TPSA) is 39.1 Å². The van der Waals surface area contributed by atoms with Gasteiger partial charge in [-0.1, -0.05) is 29.8 Å². The average Bonchev–Trinajstić information content (AvgIpc) is 2.33. The first-order chi connectivity index (χ1) is 8.50. The van der Waals surface area contributed by atoms with Crippen LogP contribution in [0, 0.1) is 6.92 Å². The van der Waals surface area contributed by atoms with Crippen molar-refractivity contribution in [2.24, 2.45) is 7.05 Å². The van der Waals surface area contributed by atoms with Crippen LogP contribution in [0.25, 0.3) is 11.3 Å². The first-order valence-electron chi connectivity index (χ1n) is 5.78. The molecule has 0 amide bonds. The maximum absolute atomic E-state index is 12.0. The predicted octanol–water partition coefficient (Wildman–Crippen LogP) is 2.56. The number of hydrogen-bond donors (Lipinski definition) is 0. The Morgan fingerprint density at radius 2 is 1.67 bits per heavy atom. The lowest BCUT2D eigenvalue weighted by Gasteiger charge is -2.09. The maximum atomic E-state index is 12.0. The van der Waals surface area contributed by atoms with E-state index in [9.17, 15) is 9.59 Å². The highest BCUT2D eigenvalue weighted by Crippen LogP contribution is 2.18. The van der Waals surface area contributed by atoms with Gasteiger partial charge >= 0.3 is 0 Å². The molecular weight excluding hydrogens is 226 g/mol. The fraction of sp³-hybridized carbons (Fsp3) is 0.200. The number of aryl methyl sites for hydroxylation is 1. The molecule has 92 valence electrons. The summed E-state index contributed by atoms with van der Waals surface area (Å²) in [6, 6.07) is 11.3. The largest absolute Gasteiger partial charge is 0.311 e.